The number of phenolic OH excluding ortho intramolecular Hbond substituents is 1. The van der Waals surface area contributed by atoms with Gasteiger partial charge in [0.1, 0.15) is 11.5 Å². The van der Waals surface area contributed by atoms with Gasteiger partial charge in [-0.05, 0) is 25.1 Å². The number of nitrogens with one attached hydrogen (secondary N) is 1. The van der Waals surface area contributed by atoms with Gasteiger partial charge in [-0.25, -0.2) is 10.2 Å². The number of phenols is 1. The molecule has 2 N–H and O–H groups in total. The molecular formula is C11H14N2O4. The molecular weight excluding hydrogens is 224 g/mol. The molecule has 0 heterocycles. The minimum Gasteiger partial charge on any atom is -0.507 e. The highest BCUT2D eigenvalue weighted by Gasteiger charge is 2.07. The molecule has 92 valence electrons. The summed E-state index contributed by atoms with van der Waals surface area (Å²) in [6.45, 7) is 1.64. The molecule has 0 saturated heterocycles. The predicted octanol–water partition coefficient (Wildman–Crippen LogP) is 1.48. The maximum absolute atomic E-state index is 10.8. The number of amides is 1. The third kappa shape index (κ3) is 3.37. The summed E-state index contributed by atoms with van der Waals surface area (Å²) in [5.74, 6) is 0.643. The van der Waals surface area contributed by atoms with Gasteiger partial charge in [-0.1, -0.05) is 0 Å². The molecule has 0 radical (unpaired) electrons. The van der Waals surface area contributed by atoms with E-state index in [0.717, 1.165) is 0 Å². The van der Waals surface area contributed by atoms with Crippen molar-refractivity contribution >= 4 is 11.8 Å². The zero-order valence-electron chi connectivity index (χ0n) is 9.85. The topological polar surface area (TPSA) is 80.2 Å². The maximum atomic E-state index is 10.8. The molecule has 6 nitrogen and oxygen atoms in total. The molecule has 0 aromatic heterocycles. The van der Waals surface area contributed by atoms with Crippen LogP contribution in [0.1, 0.15) is 12.5 Å². The molecule has 1 aromatic rings. The summed E-state index contributed by atoms with van der Waals surface area (Å²) in [6.07, 6.45) is -0.674. The summed E-state index contributed by atoms with van der Waals surface area (Å²) in [7, 11) is 2.76. The van der Waals surface area contributed by atoms with Crippen molar-refractivity contribution < 1.29 is 19.4 Å². The first-order valence-electron chi connectivity index (χ1n) is 4.84. The summed E-state index contributed by atoms with van der Waals surface area (Å²) in [6, 6.07) is 4.73. The Kier molecular flexibility index (Phi) is 4.33. The number of aromatic hydroxyl groups is 1. The van der Waals surface area contributed by atoms with Crippen molar-refractivity contribution in [1.29, 1.82) is 0 Å². The molecule has 0 saturated carbocycles. The fourth-order valence-electron chi connectivity index (χ4n) is 1.17. The van der Waals surface area contributed by atoms with Gasteiger partial charge in [0.05, 0.1) is 19.9 Å². The van der Waals surface area contributed by atoms with Crippen molar-refractivity contribution in [2.45, 2.75) is 6.92 Å². The Morgan fingerprint density at radius 2 is 2.12 bits per heavy atom. The Bertz CT molecular complexity index is 443. The van der Waals surface area contributed by atoms with E-state index in [-0.39, 0.29) is 5.75 Å². The van der Waals surface area contributed by atoms with Crippen LogP contribution in [0.3, 0.4) is 0 Å². The van der Waals surface area contributed by atoms with Gasteiger partial charge >= 0.3 is 6.09 Å². The van der Waals surface area contributed by atoms with Crippen molar-refractivity contribution in [3.63, 3.8) is 0 Å². The Balaban J connectivity index is 2.94. The first kappa shape index (κ1) is 12.8. The number of carbonyl (C=O) groups is 1. The van der Waals surface area contributed by atoms with Crippen LogP contribution in [-0.4, -0.2) is 31.1 Å². The Morgan fingerprint density at radius 1 is 1.41 bits per heavy atom. The van der Waals surface area contributed by atoms with Crippen LogP contribution in [0.2, 0.25) is 0 Å². The SMILES string of the molecule is COC(=O)N/N=C(\C)c1cc(OC)ccc1O. The third-order valence-electron chi connectivity index (χ3n) is 2.09. The van der Waals surface area contributed by atoms with Gasteiger partial charge in [0.2, 0.25) is 0 Å². The van der Waals surface area contributed by atoms with Gasteiger partial charge < -0.3 is 14.6 Å². The smallest absolute Gasteiger partial charge is 0.427 e. The Labute approximate surface area is 98.9 Å². The Hall–Kier alpha value is -2.24. The lowest BCUT2D eigenvalue weighted by Gasteiger charge is -2.07. The van der Waals surface area contributed by atoms with Crippen LogP contribution in [0.4, 0.5) is 4.79 Å². The number of benzene rings is 1. The predicted molar refractivity (Wildman–Crippen MR) is 62.4 cm³/mol. The maximum Gasteiger partial charge on any atom is 0.427 e. The minimum absolute atomic E-state index is 0.0544. The number of rotatable bonds is 3. The molecule has 17 heavy (non-hydrogen) atoms. The third-order valence-corrected chi connectivity index (χ3v) is 2.09. The summed E-state index contributed by atoms with van der Waals surface area (Å²) in [5.41, 5.74) is 3.08. The van der Waals surface area contributed by atoms with Gasteiger partial charge in [0, 0.05) is 5.56 Å². The molecule has 1 rings (SSSR count). The number of hydrogen-bond donors (Lipinski definition) is 2. The fraction of sp³-hybridized carbons (Fsp3) is 0.273. The molecule has 0 atom stereocenters. The highest BCUT2D eigenvalue weighted by Crippen LogP contribution is 2.23. The van der Waals surface area contributed by atoms with Crippen LogP contribution in [0.25, 0.3) is 0 Å². The second kappa shape index (κ2) is 5.74. The first-order chi connectivity index (χ1) is 8.08. The second-order valence-corrected chi connectivity index (χ2v) is 3.18. The van der Waals surface area contributed by atoms with E-state index in [1.165, 1.54) is 20.3 Å². The van der Waals surface area contributed by atoms with Crippen molar-refractivity contribution in [1.82, 2.24) is 5.43 Å². The number of nitrogens with zero attached hydrogens (tertiary/aromatic N) is 1. The van der Waals surface area contributed by atoms with Gasteiger partial charge in [0.15, 0.2) is 0 Å². The van der Waals surface area contributed by atoms with Crippen LogP contribution in [0.5, 0.6) is 11.5 Å². The molecule has 1 amide bonds. The van der Waals surface area contributed by atoms with E-state index in [4.69, 9.17) is 4.74 Å². The van der Waals surface area contributed by atoms with E-state index in [2.05, 4.69) is 15.3 Å². The zero-order chi connectivity index (χ0) is 12.8. The van der Waals surface area contributed by atoms with E-state index in [1.807, 2.05) is 0 Å². The van der Waals surface area contributed by atoms with E-state index >= 15 is 0 Å². The molecule has 0 aliphatic rings. The lowest BCUT2D eigenvalue weighted by atomic mass is 10.1. The van der Waals surface area contributed by atoms with Gasteiger partial charge in [-0.15, -0.1) is 0 Å². The lowest BCUT2D eigenvalue weighted by Crippen LogP contribution is -2.18. The Morgan fingerprint density at radius 3 is 2.71 bits per heavy atom. The summed E-state index contributed by atoms with van der Waals surface area (Å²) < 4.78 is 9.40. The standard InChI is InChI=1S/C11H14N2O4/c1-7(12-13-11(15)17-3)9-6-8(16-2)4-5-10(9)14/h4-6,14H,1-3H3,(H,13,15)/b12-7+. The van der Waals surface area contributed by atoms with E-state index in [0.29, 0.717) is 17.0 Å². The van der Waals surface area contributed by atoms with E-state index < -0.39 is 6.09 Å². The normalized spacial score (nSPS) is 10.9. The summed E-state index contributed by atoms with van der Waals surface area (Å²) in [5, 5.41) is 13.4. The second-order valence-electron chi connectivity index (χ2n) is 3.18. The molecule has 0 fully saturated rings. The summed E-state index contributed by atoms with van der Waals surface area (Å²) in [4.78, 5) is 10.8. The van der Waals surface area contributed by atoms with Gasteiger partial charge in [0.25, 0.3) is 0 Å². The summed E-state index contributed by atoms with van der Waals surface area (Å²) >= 11 is 0. The van der Waals surface area contributed by atoms with Crippen LogP contribution in [-0.2, 0) is 4.74 Å². The van der Waals surface area contributed by atoms with Gasteiger partial charge in [-0.2, -0.15) is 5.10 Å². The molecule has 0 unspecified atom stereocenters. The van der Waals surface area contributed by atoms with E-state index in [1.54, 1.807) is 19.1 Å². The largest absolute Gasteiger partial charge is 0.507 e. The lowest BCUT2D eigenvalue weighted by molar-refractivity contribution is 0.171. The quantitative estimate of drug-likeness (QED) is 0.617. The molecule has 0 aliphatic carbocycles. The molecule has 0 bridgehead atoms. The number of ether oxygens (including phenoxy) is 2. The van der Waals surface area contributed by atoms with Crippen LogP contribution in [0, 0.1) is 0 Å². The molecule has 0 spiro atoms. The molecule has 6 heteroatoms. The average Bonchev–Trinajstić information content (AvgIpc) is 2.36. The van der Waals surface area contributed by atoms with Crippen LogP contribution < -0.4 is 10.2 Å². The first-order valence-corrected chi connectivity index (χ1v) is 4.84. The number of hydrogen-bond acceptors (Lipinski definition) is 5. The number of methoxy groups -OCH3 is 2. The monoisotopic (exact) mass is 238 g/mol. The van der Waals surface area contributed by atoms with Crippen molar-refractivity contribution in [2.24, 2.45) is 5.10 Å². The van der Waals surface area contributed by atoms with Crippen LogP contribution >= 0.6 is 0 Å². The number of hydrazone groups is 1. The van der Waals surface area contributed by atoms with Crippen molar-refractivity contribution in [3.05, 3.63) is 23.8 Å². The number of carbonyl (C=O) groups excluding carboxylic acids is 1. The van der Waals surface area contributed by atoms with Gasteiger partial charge in [-0.3, -0.25) is 0 Å². The zero-order valence-corrected chi connectivity index (χ0v) is 9.85. The van der Waals surface area contributed by atoms with Crippen molar-refractivity contribution in [2.75, 3.05) is 14.2 Å². The fourth-order valence-corrected chi connectivity index (χ4v) is 1.17. The van der Waals surface area contributed by atoms with Crippen molar-refractivity contribution in [3.8, 4) is 11.5 Å². The molecule has 0 aliphatic heterocycles. The van der Waals surface area contributed by atoms with Crippen LogP contribution in [0.15, 0.2) is 23.3 Å². The molecule has 1 aromatic carbocycles. The average molecular weight is 238 g/mol. The highest BCUT2D eigenvalue weighted by molar-refractivity contribution is 6.01. The minimum atomic E-state index is -0.674. The van der Waals surface area contributed by atoms with E-state index in [9.17, 15) is 9.90 Å². The highest BCUT2D eigenvalue weighted by atomic mass is 16.5.